The maximum atomic E-state index is 13.2. The second kappa shape index (κ2) is 8.86. The number of hydrogen-bond donors (Lipinski definition) is 1. The molecule has 1 fully saturated rings. The number of likely N-dealkylation sites (tertiary alicyclic amines) is 1. The Morgan fingerprint density at radius 3 is 2.30 bits per heavy atom. The van der Waals surface area contributed by atoms with Crippen LogP contribution in [0.2, 0.25) is 0 Å². The fourth-order valence-corrected chi connectivity index (χ4v) is 4.30. The summed E-state index contributed by atoms with van der Waals surface area (Å²) in [5.41, 5.74) is 3.28. The first-order valence-electron chi connectivity index (χ1n) is 11.1. The number of H-pyrrole nitrogens is 1. The normalized spacial score (nSPS) is 14.4. The average Bonchev–Trinajstić information content (AvgIpc) is 3.35. The standard InChI is InChI=1S/C26H24N4O3/c1-17-21(18-8-4-2-5-9-18)16-22(24(31)27-17)26(32)30-14-12-20(13-15-30)25-28-23(29-33-25)19-10-6-3-7-11-19/h2-11,16,20H,12-15H2,1H3,(H,27,31). The number of nitrogens with zero attached hydrogens (tertiary/aromatic N) is 3. The molecule has 0 aliphatic carbocycles. The van der Waals surface area contributed by atoms with Crippen LogP contribution in [0, 0.1) is 6.92 Å². The van der Waals surface area contributed by atoms with Crippen LogP contribution in [0.1, 0.15) is 40.7 Å². The predicted octanol–water partition coefficient (Wildman–Crippen LogP) is 4.42. The van der Waals surface area contributed by atoms with Gasteiger partial charge in [0.1, 0.15) is 5.56 Å². The zero-order chi connectivity index (χ0) is 22.8. The highest BCUT2D eigenvalue weighted by atomic mass is 16.5. The van der Waals surface area contributed by atoms with Crippen LogP contribution in [-0.2, 0) is 0 Å². The summed E-state index contributed by atoms with van der Waals surface area (Å²) in [6.45, 7) is 2.90. The number of aromatic amines is 1. The number of hydrogen-bond acceptors (Lipinski definition) is 5. The smallest absolute Gasteiger partial charge is 0.261 e. The number of pyridine rings is 1. The topological polar surface area (TPSA) is 92.1 Å². The minimum absolute atomic E-state index is 0.0928. The SMILES string of the molecule is Cc1[nH]c(=O)c(C(=O)N2CCC(c3nc(-c4ccccc4)no3)CC2)cc1-c1ccccc1. The van der Waals surface area contributed by atoms with Crippen molar-refractivity contribution in [2.75, 3.05) is 13.1 Å². The van der Waals surface area contributed by atoms with E-state index in [2.05, 4.69) is 15.1 Å². The Hall–Kier alpha value is -4.00. The molecular weight excluding hydrogens is 416 g/mol. The van der Waals surface area contributed by atoms with E-state index in [-0.39, 0.29) is 22.9 Å². The molecule has 2 aromatic carbocycles. The second-order valence-corrected chi connectivity index (χ2v) is 8.31. The van der Waals surface area contributed by atoms with Crippen LogP contribution in [0.15, 0.2) is 76.0 Å². The summed E-state index contributed by atoms with van der Waals surface area (Å²) in [4.78, 5) is 34.9. The summed E-state index contributed by atoms with van der Waals surface area (Å²) in [7, 11) is 0. The Balaban J connectivity index is 1.30. The molecule has 7 nitrogen and oxygen atoms in total. The molecular formula is C26H24N4O3. The predicted molar refractivity (Wildman–Crippen MR) is 125 cm³/mol. The van der Waals surface area contributed by atoms with Crippen molar-refractivity contribution < 1.29 is 9.32 Å². The zero-order valence-corrected chi connectivity index (χ0v) is 18.3. The van der Waals surface area contributed by atoms with Gasteiger partial charge in [-0.05, 0) is 31.4 Å². The summed E-state index contributed by atoms with van der Waals surface area (Å²) >= 11 is 0. The number of amides is 1. The van der Waals surface area contributed by atoms with E-state index in [4.69, 9.17) is 4.52 Å². The number of aryl methyl sites for hydroxylation is 1. The summed E-state index contributed by atoms with van der Waals surface area (Å²) in [5.74, 6) is 1.02. The van der Waals surface area contributed by atoms with Gasteiger partial charge < -0.3 is 14.4 Å². The zero-order valence-electron chi connectivity index (χ0n) is 18.3. The molecule has 0 saturated carbocycles. The van der Waals surface area contributed by atoms with Crippen molar-refractivity contribution in [2.45, 2.75) is 25.7 Å². The van der Waals surface area contributed by atoms with E-state index >= 15 is 0 Å². The van der Waals surface area contributed by atoms with Crippen molar-refractivity contribution in [3.63, 3.8) is 0 Å². The number of benzene rings is 2. The number of piperidine rings is 1. The third kappa shape index (κ3) is 4.22. The highest BCUT2D eigenvalue weighted by molar-refractivity contribution is 5.95. The van der Waals surface area contributed by atoms with Crippen LogP contribution in [0.25, 0.3) is 22.5 Å². The molecule has 4 aromatic rings. The van der Waals surface area contributed by atoms with E-state index in [1.165, 1.54) is 0 Å². The molecule has 5 rings (SSSR count). The first kappa shape index (κ1) is 20.9. The minimum atomic E-state index is -0.358. The molecule has 2 aromatic heterocycles. The van der Waals surface area contributed by atoms with Gasteiger partial charge in [-0.25, -0.2) is 0 Å². The number of aromatic nitrogens is 3. The summed E-state index contributed by atoms with van der Waals surface area (Å²) in [6.07, 6.45) is 1.41. The second-order valence-electron chi connectivity index (χ2n) is 8.31. The van der Waals surface area contributed by atoms with Crippen LogP contribution in [0.4, 0.5) is 0 Å². The van der Waals surface area contributed by atoms with Crippen molar-refractivity contribution in [3.05, 3.63) is 94.2 Å². The minimum Gasteiger partial charge on any atom is -0.339 e. The van der Waals surface area contributed by atoms with Gasteiger partial charge in [-0.3, -0.25) is 9.59 Å². The third-order valence-electron chi connectivity index (χ3n) is 6.16. The third-order valence-corrected chi connectivity index (χ3v) is 6.16. The van der Waals surface area contributed by atoms with Crippen LogP contribution in [-0.4, -0.2) is 39.0 Å². The Bertz CT molecular complexity index is 1320. The van der Waals surface area contributed by atoms with Crippen LogP contribution >= 0.6 is 0 Å². The molecule has 7 heteroatoms. The number of nitrogens with one attached hydrogen (secondary N) is 1. The van der Waals surface area contributed by atoms with Gasteiger partial charge in [0.15, 0.2) is 0 Å². The van der Waals surface area contributed by atoms with Crippen LogP contribution in [0.3, 0.4) is 0 Å². The van der Waals surface area contributed by atoms with E-state index in [9.17, 15) is 9.59 Å². The van der Waals surface area contributed by atoms with Gasteiger partial charge in [-0.1, -0.05) is 65.8 Å². The highest BCUT2D eigenvalue weighted by Crippen LogP contribution is 2.29. The van der Waals surface area contributed by atoms with E-state index in [0.29, 0.717) is 37.6 Å². The Labute approximate surface area is 191 Å². The molecule has 1 amide bonds. The van der Waals surface area contributed by atoms with E-state index in [1.807, 2.05) is 67.6 Å². The van der Waals surface area contributed by atoms with E-state index < -0.39 is 0 Å². The van der Waals surface area contributed by atoms with Crippen molar-refractivity contribution in [1.29, 1.82) is 0 Å². The fourth-order valence-electron chi connectivity index (χ4n) is 4.30. The molecule has 0 spiro atoms. The first-order valence-corrected chi connectivity index (χ1v) is 11.1. The summed E-state index contributed by atoms with van der Waals surface area (Å²) < 4.78 is 5.52. The largest absolute Gasteiger partial charge is 0.339 e. The molecule has 1 saturated heterocycles. The van der Waals surface area contributed by atoms with Crippen molar-refractivity contribution in [2.24, 2.45) is 0 Å². The molecule has 1 aliphatic heterocycles. The lowest BCUT2D eigenvalue weighted by atomic mass is 9.96. The van der Waals surface area contributed by atoms with E-state index in [0.717, 1.165) is 22.4 Å². The monoisotopic (exact) mass is 440 g/mol. The Morgan fingerprint density at radius 1 is 1.00 bits per heavy atom. The summed E-state index contributed by atoms with van der Waals surface area (Å²) in [6, 6.07) is 21.2. The average molecular weight is 441 g/mol. The molecule has 3 heterocycles. The van der Waals surface area contributed by atoms with E-state index in [1.54, 1.807) is 11.0 Å². The molecule has 0 bridgehead atoms. The number of rotatable bonds is 4. The van der Waals surface area contributed by atoms with Crippen LogP contribution in [0.5, 0.6) is 0 Å². The lowest BCUT2D eigenvalue weighted by Gasteiger charge is -2.30. The Kier molecular flexibility index (Phi) is 5.60. The maximum absolute atomic E-state index is 13.2. The van der Waals surface area contributed by atoms with Gasteiger partial charge in [0.25, 0.3) is 11.5 Å². The molecule has 33 heavy (non-hydrogen) atoms. The summed E-state index contributed by atoms with van der Waals surface area (Å²) in [5, 5.41) is 4.11. The quantitative estimate of drug-likeness (QED) is 0.507. The van der Waals surface area contributed by atoms with Gasteiger partial charge in [-0.15, -0.1) is 0 Å². The fraction of sp³-hybridized carbons (Fsp3) is 0.231. The molecule has 0 radical (unpaired) electrons. The van der Waals surface area contributed by atoms with Gasteiger partial charge >= 0.3 is 0 Å². The van der Waals surface area contributed by atoms with Crippen molar-refractivity contribution in [1.82, 2.24) is 20.0 Å². The first-order chi connectivity index (χ1) is 16.1. The molecule has 0 unspecified atom stereocenters. The lowest BCUT2D eigenvalue weighted by molar-refractivity contribution is 0.0702. The molecule has 1 aliphatic rings. The molecule has 166 valence electrons. The molecule has 0 atom stereocenters. The Morgan fingerprint density at radius 2 is 1.64 bits per heavy atom. The van der Waals surface area contributed by atoms with Gasteiger partial charge in [0.05, 0.1) is 0 Å². The van der Waals surface area contributed by atoms with Gasteiger partial charge in [-0.2, -0.15) is 4.98 Å². The highest BCUT2D eigenvalue weighted by Gasteiger charge is 2.29. The molecule has 1 N–H and O–H groups in total. The van der Waals surface area contributed by atoms with Crippen molar-refractivity contribution in [3.8, 4) is 22.5 Å². The van der Waals surface area contributed by atoms with Gasteiger partial charge in [0.2, 0.25) is 11.7 Å². The number of carbonyl (C=O) groups excluding carboxylic acids is 1. The number of carbonyl (C=O) groups is 1. The van der Waals surface area contributed by atoms with Gasteiger partial charge in [0, 0.05) is 35.8 Å². The lowest BCUT2D eigenvalue weighted by Crippen LogP contribution is -2.40. The van der Waals surface area contributed by atoms with Crippen LogP contribution < -0.4 is 5.56 Å². The maximum Gasteiger partial charge on any atom is 0.261 e. The van der Waals surface area contributed by atoms with Crippen molar-refractivity contribution >= 4 is 5.91 Å².